The van der Waals surface area contributed by atoms with E-state index in [2.05, 4.69) is 4.65 Å². The molecule has 0 saturated carbocycles. The second-order valence-electron chi connectivity index (χ2n) is 1.41. The van der Waals surface area contributed by atoms with Gasteiger partial charge in [0.15, 0.2) is 5.63 Å². The van der Waals surface area contributed by atoms with E-state index in [4.69, 9.17) is 21.6 Å². The molecular formula is C3H6BClFLiO4. The number of hydrogen-bond donors (Lipinski definition) is 2. The van der Waals surface area contributed by atoms with Crippen LogP contribution in [0, 0.1) is 0 Å². The predicted octanol–water partition coefficient (Wildman–Crippen LogP) is -1.22. The molecule has 2 N–H and O–H groups in total. The number of alkyl halides is 2. The molecule has 1 atom stereocenters. The SMILES string of the molecule is O=C(CC(F)Cl)OB(O)O.[LiH]. The van der Waals surface area contributed by atoms with Crippen molar-refractivity contribution in [3.8, 4) is 0 Å². The molecule has 0 aliphatic carbocycles. The van der Waals surface area contributed by atoms with Gasteiger partial charge >= 0.3 is 26.2 Å². The van der Waals surface area contributed by atoms with Gasteiger partial charge in [0.25, 0.3) is 5.97 Å². The van der Waals surface area contributed by atoms with Crippen molar-refractivity contribution in [2.75, 3.05) is 0 Å². The van der Waals surface area contributed by atoms with Gasteiger partial charge < -0.3 is 14.7 Å². The van der Waals surface area contributed by atoms with E-state index in [1.807, 2.05) is 0 Å². The molecule has 0 heterocycles. The molecule has 0 fully saturated rings. The molecular weight excluding hydrogens is 172 g/mol. The van der Waals surface area contributed by atoms with Gasteiger partial charge in [0.2, 0.25) is 0 Å². The van der Waals surface area contributed by atoms with Crippen molar-refractivity contribution in [3.63, 3.8) is 0 Å². The summed E-state index contributed by atoms with van der Waals surface area (Å²) in [6, 6.07) is 0. The van der Waals surface area contributed by atoms with E-state index in [0.717, 1.165) is 0 Å². The Kier molecular flexibility index (Phi) is 8.74. The van der Waals surface area contributed by atoms with Crippen molar-refractivity contribution >= 4 is 43.8 Å². The van der Waals surface area contributed by atoms with Crippen LogP contribution < -0.4 is 0 Å². The van der Waals surface area contributed by atoms with E-state index in [9.17, 15) is 9.18 Å². The zero-order chi connectivity index (χ0) is 8.15. The Hall–Kier alpha value is 0.272. The Labute approximate surface area is 80.0 Å². The van der Waals surface area contributed by atoms with Gasteiger partial charge in [0.1, 0.15) is 0 Å². The molecule has 0 aromatic carbocycles. The summed E-state index contributed by atoms with van der Waals surface area (Å²) < 4.78 is 15.4. The average Bonchev–Trinajstić information content (AvgIpc) is 1.58. The molecule has 8 heteroatoms. The summed E-state index contributed by atoms with van der Waals surface area (Å²) in [6.45, 7) is 0. The van der Waals surface area contributed by atoms with Crippen LogP contribution in [0.5, 0.6) is 0 Å². The first kappa shape index (κ1) is 13.8. The second-order valence-corrected chi connectivity index (χ2v) is 1.88. The molecule has 0 radical (unpaired) electrons. The molecule has 0 bridgehead atoms. The Morgan fingerprint density at radius 2 is 2.18 bits per heavy atom. The number of hydrogen-bond acceptors (Lipinski definition) is 4. The molecule has 0 rings (SSSR count). The number of halogens is 2. The van der Waals surface area contributed by atoms with Gasteiger partial charge in [-0.3, -0.25) is 4.79 Å². The van der Waals surface area contributed by atoms with Crippen LogP contribution in [0.1, 0.15) is 6.42 Å². The van der Waals surface area contributed by atoms with E-state index >= 15 is 0 Å². The van der Waals surface area contributed by atoms with Gasteiger partial charge in [0, 0.05) is 0 Å². The minimum absolute atomic E-state index is 0. The van der Waals surface area contributed by atoms with Gasteiger partial charge in [-0.05, 0) is 0 Å². The first-order valence-electron chi connectivity index (χ1n) is 2.36. The topological polar surface area (TPSA) is 66.8 Å². The molecule has 60 valence electrons. The standard InChI is InChI=1S/C3H5BClFO4.Li.H/c5-2(6)1-3(7)10-4(8)9;;/h2,8-9H,1H2;;. The normalized spacial score (nSPS) is 11.3. The van der Waals surface area contributed by atoms with Crippen molar-refractivity contribution in [2.24, 2.45) is 0 Å². The minimum atomic E-state index is -2.21. The van der Waals surface area contributed by atoms with Crippen LogP contribution in [0.4, 0.5) is 4.39 Å². The summed E-state index contributed by atoms with van der Waals surface area (Å²) in [5.41, 5.74) is -1.86. The van der Waals surface area contributed by atoms with Gasteiger partial charge in [-0.25, -0.2) is 4.39 Å². The summed E-state index contributed by atoms with van der Waals surface area (Å²) in [5, 5.41) is 16.0. The van der Waals surface area contributed by atoms with E-state index in [1.165, 1.54) is 0 Å². The fraction of sp³-hybridized carbons (Fsp3) is 0.667. The number of rotatable bonds is 3. The van der Waals surface area contributed by atoms with Crippen LogP contribution in [0.2, 0.25) is 0 Å². The van der Waals surface area contributed by atoms with Crippen LogP contribution in [-0.4, -0.2) is 47.8 Å². The summed E-state index contributed by atoms with van der Waals surface area (Å²) in [4.78, 5) is 10.2. The Balaban J connectivity index is 0. The van der Waals surface area contributed by atoms with E-state index in [1.54, 1.807) is 0 Å². The molecule has 0 aromatic rings. The molecule has 0 aromatic heterocycles. The Morgan fingerprint density at radius 1 is 1.73 bits per heavy atom. The van der Waals surface area contributed by atoms with Crippen molar-refractivity contribution < 1.29 is 23.9 Å². The average molecular weight is 178 g/mol. The third-order valence-corrected chi connectivity index (χ3v) is 0.712. The molecule has 11 heavy (non-hydrogen) atoms. The molecule has 0 aliphatic heterocycles. The van der Waals surface area contributed by atoms with Crippen LogP contribution in [0.15, 0.2) is 0 Å². The maximum absolute atomic E-state index is 11.7. The van der Waals surface area contributed by atoms with Gasteiger partial charge in [-0.1, -0.05) is 11.6 Å². The number of carbonyl (C=O) groups excluding carboxylic acids is 1. The fourth-order valence-electron chi connectivity index (χ4n) is 0.292. The molecule has 0 saturated heterocycles. The Bertz CT molecular complexity index is 112. The quantitative estimate of drug-likeness (QED) is 0.420. The van der Waals surface area contributed by atoms with Gasteiger partial charge in [-0.15, -0.1) is 0 Å². The van der Waals surface area contributed by atoms with Crippen molar-refractivity contribution in [1.29, 1.82) is 0 Å². The number of carbonyl (C=O) groups is 1. The maximum atomic E-state index is 11.7. The monoisotopic (exact) mass is 178 g/mol. The summed E-state index contributed by atoms with van der Waals surface area (Å²) in [7, 11) is -2.21. The molecule has 0 aliphatic rings. The molecule has 0 spiro atoms. The second kappa shape index (κ2) is 6.95. The first-order chi connectivity index (χ1) is 4.52. The first-order valence-corrected chi connectivity index (χ1v) is 2.80. The zero-order valence-electron chi connectivity index (χ0n) is 4.83. The van der Waals surface area contributed by atoms with E-state index in [0.29, 0.717) is 0 Å². The Morgan fingerprint density at radius 3 is 2.45 bits per heavy atom. The summed E-state index contributed by atoms with van der Waals surface area (Å²) in [6.07, 6.45) is -0.695. The molecule has 0 amide bonds. The summed E-state index contributed by atoms with van der Waals surface area (Å²) in [5.74, 6) is -1.10. The zero-order valence-corrected chi connectivity index (χ0v) is 5.58. The van der Waals surface area contributed by atoms with E-state index in [-0.39, 0.29) is 18.9 Å². The molecule has 1 unspecified atom stereocenters. The van der Waals surface area contributed by atoms with Crippen molar-refractivity contribution in [2.45, 2.75) is 12.1 Å². The third-order valence-electron chi connectivity index (χ3n) is 0.558. The predicted molar refractivity (Wildman–Crippen MR) is 38.8 cm³/mol. The third kappa shape index (κ3) is 10.3. The van der Waals surface area contributed by atoms with E-state index < -0.39 is 25.3 Å². The summed E-state index contributed by atoms with van der Waals surface area (Å²) >= 11 is 4.73. The van der Waals surface area contributed by atoms with Crippen LogP contribution in [0.3, 0.4) is 0 Å². The molecule has 4 nitrogen and oxygen atoms in total. The van der Waals surface area contributed by atoms with Crippen LogP contribution in [-0.2, 0) is 9.45 Å². The fourth-order valence-corrected chi connectivity index (χ4v) is 0.418. The van der Waals surface area contributed by atoms with Gasteiger partial charge in [0.05, 0.1) is 6.42 Å². The van der Waals surface area contributed by atoms with Crippen LogP contribution in [0.25, 0.3) is 0 Å². The van der Waals surface area contributed by atoms with Crippen molar-refractivity contribution in [1.82, 2.24) is 0 Å². The van der Waals surface area contributed by atoms with Crippen LogP contribution >= 0.6 is 11.6 Å². The van der Waals surface area contributed by atoms with Gasteiger partial charge in [-0.2, -0.15) is 0 Å². The van der Waals surface area contributed by atoms with Crippen molar-refractivity contribution in [3.05, 3.63) is 0 Å².